The highest BCUT2D eigenvalue weighted by Crippen LogP contribution is 2.02. The van der Waals surface area contributed by atoms with Gasteiger partial charge in [0.25, 0.3) is 0 Å². The summed E-state index contributed by atoms with van der Waals surface area (Å²) in [6, 6.07) is 0. The second kappa shape index (κ2) is 10.6. The normalized spacial score (nSPS) is 31.1. The van der Waals surface area contributed by atoms with E-state index < -0.39 is 0 Å². The van der Waals surface area contributed by atoms with Crippen molar-refractivity contribution < 1.29 is 0 Å². The monoisotopic (exact) mass is 270 g/mol. The number of likely N-dealkylation sites (N-methyl/N-ethyl adjacent to an activating group) is 1. The van der Waals surface area contributed by atoms with Crippen molar-refractivity contribution in [1.82, 2.24) is 20.0 Å². The third-order valence-corrected chi connectivity index (χ3v) is 3.98. The van der Waals surface area contributed by atoms with Crippen LogP contribution in [-0.2, 0) is 0 Å². The lowest BCUT2D eigenvalue weighted by Gasteiger charge is -2.32. The van der Waals surface area contributed by atoms with Crippen LogP contribution in [0.1, 0.15) is 26.7 Å². The molecule has 0 saturated carbocycles. The summed E-state index contributed by atoms with van der Waals surface area (Å²) >= 11 is 0. The zero-order valence-electron chi connectivity index (χ0n) is 13.3. The average molecular weight is 270 g/mol. The molecular formula is C15H34N4. The smallest absolute Gasteiger partial charge is 0.0110 e. The summed E-state index contributed by atoms with van der Waals surface area (Å²) in [5.41, 5.74) is 0. The zero-order chi connectivity index (χ0) is 13.9. The fourth-order valence-corrected chi connectivity index (χ4v) is 2.73. The van der Waals surface area contributed by atoms with Gasteiger partial charge in [0.2, 0.25) is 0 Å². The highest BCUT2D eigenvalue weighted by Gasteiger charge is 2.13. The summed E-state index contributed by atoms with van der Waals surface area (Å²) < 4.78 is 0. The van der Waals surface area contributed by atoms with Crippen molar-refractivity contribution in [2.75, 3.05) is 72.5 Å². The molecule has 4 heteroatoms. The van der Waals surface area contributed by atoms with Crippen LogP contribution in [0, 0.1) is 0 Å². The first-order valence-electron chi connectivity index (χ1n) is 8.18. The Bertz CT molecular complexity index is 210. The van der Waals surface area contributed by atoms with Gasteiger partial charge in [0.15, 0.2) is 0 Å². The molecule has 1 N–H and O–H groups in total. The van der Waals surface area contributed by atoms with E-state index in [1.54, 1.807) is 0 Å². The number of hydrogen-bond donors (Lipinski definition) is 1. The molecule has 2 unspecified atom stereocenters. The Morgan fingerprint density at radius 2 is 1.26 bits per heavy atom. The summed E-state index contributed by atoms with van der Waals surface area (Å²) in [5, 5.41) is 3.55. The van der Waals surface area contributed by atoms with Gasteiger partial charge in [-0.3, -0.25) is 0 Å². The van der Waals surface area contributed by atoms with Crippen molar-refractivity contribution in [1.29, 1.82) is 0 Å². The molecule has 0 aromatic carbocycles. The predicted molar refractivity (Wildman–Crippen MR) is 83.8 cm³/mol. The molecule has 2 heterocycles. The molecule has 2 aliphatic heterocycles. The predicted octanol–water partition coefficient (Wildman–Crippen LogP) is 0.945. The van der Waals surface area contributed by atoms with Crippen LogP contribution in [0.5, 0.6) is 0 Å². The molecule has 0 aromatic rings. The van der Waals surface area contributed by atoms with E-state index >= 15 is 0 Å². The molecule has 4 nitrogen and oxygen atoms in total. The molecule has 0 aromatic heterocycles. The molecule has 2 atom stereocenters. The Labute approximate surface area is 120 Å². The van der Waals surface area contributed by atoms with Crippen LogP contribution >= 0.6 is 0 Å². The standard InChI is InChI=1S/C13H28N4.C2H6/c1-15-6-3-8-16-9-5-14-4-2-7-17(11-10-15)13-12-16;1-2/h14H,2-13H2,1H3;1-2H3. The molecular weight excluding hydrogens is 236 g/mol. The summed E-state index contributed by atoms with van der Waals surface area (Å²) in [5.74, 6) is 0. The van der Waals surface area contributed by atoms with Crippen LogP contribution in [0.2, 0.25) is 0 Å². The Kier molecular flexibility index (Phi) is 9.43. The van der Waals surface area contributed by atoms with E-state index in [9.17, 15) is 0 Å². The fraction of sp³-hybridized carbons (Fsp3) is 1.00. The summed E-state index contributed by atoms with van der Waals surface area (Å²) in [6.45, 7) is 16.3. The third kappa shape index (κ3) is 7.25. The van der Waals surface area contributed by atoms with Crippen LogP contribution < -0.4 is 5.32 Å². The minimum absolute atomic E-state index is 1.16. The first kappa shape index (κ1) is 16.9. The van der Waals surface area contributed by atoms with E-state index in [4.69, 9.17) is 0 Å². The molecule has 2 bridgehead atoms. The van der Waals surface area contributed by atoms with Crippen molar-refractivity contribution in [3.05, 3.63) is 0 Å². The molecule has 2 saturated heterocycles. The Balaban J connectivity index is 0.000000861. The minimum atomic E-state index is 1.16. The maximum atomic E-state index is 3.55. The van der Waals surface area contributed by atoms with Crippen molar-refractivity contribution in [2.24, 2.45) is 0 Å². The zero-order valence-corrected chi connectivity index (χ0v) is 13.3. The molecule has 2 fully saturated rings. The van der Waals surface area contributed by atoms with Crippen molar-refractivity contribution in [3.8, 4) is 0 Å². The van der Waals surface area contributed by atoms with Gasteiger partial charge in [-0.1, -0.05) is 13.8 Å². The van der Waals surface area contributed by atoms with Crippen molar-refractivity contribution >= 4 is 0 Å². The third-order valence-electron chi connectivity index (χ3n) is 3.98. The quantitative estimate of drug-likeness (QED) is 0.707. The minimum Gasteiger partial charge on any atom is -0.315 e. The van der Waals surface area contributed by atoms with Crippen LogP contribution in [0.15, 0.2) is 0 Å². The molecule has 114 valence electrons. The molecule has 0 aliphatic carbocycles. The van der Waals surface area contributed by atoms with E-state index in [0.717, 1.165) is 6.54 Å². The average Bonchev–Trinajstić information content (AvgIpc) is 2.46. The first-order chi connectivity index (χ1) is 9.34. The summed E-state index contributed by atoms with van der Waals surface area (Å²) in [4.78, 5) is 7.76. The van der Waals surface area contributed by atoms with Gasteiger partial charge in [0, 0.05) is 39.3 Å². The van der Waals surface area contributed by atoms with Gasteiger partial charge in [-0.05, 0) is 46.1 Å². The highest BCUT2D eigenvalue weighted by molar-refractivity contribution is 4.71. The van der Waals surface area contributed by atoms with Crippen LogP contribution in [0.4, 0.5) is 0 Å². The van der Waals surface area contributed by atoms with Crippen molar-refractivity contribution in [3.63, 3.8) is 0 Å². The van der Waals surface area contributed by atoms with Crippen LogP contribution in [-0.4, -0.2) is 87.2 Å². The fourth-order valence-electron chi connectivity index (χ4n) is 2.73. The first-order valence-corrected chi connectivity index (χ1v) is 8.18. The topological polar surface area (TPSA) is 21.8 Å². The van der Waals surface area contributed by atoms with E-state index in [0.29, 0.717) is 0 Å². The summed E-state index contributed by atoms with van der Waals surface area (Å²) in [6.07, 6.45) is 2.61. The number of nitrogens with one attached hydrogen (secondary N) is 1. The molecule has 2 aliphatic rings. The maximum Gasteiger partial charge on any atom is 0.0110 e. The Morgan fingerprint density at radius 1 is 0.632 bits per heavy atom. The van der Waals surface area contributed by atoms with Crippen LogP contribution in [0.3, 0.4) is 0 Å². The molecule has 0 amide bonds. The second-order valence-electron chi connectivity index (χ2n) is 5.44. The maximum absolute atomic E-state index is 3.55. The largest absolute Gasteiger partial charge is 0.315 e. The Hall–Kier alpha value is -0.160. The van der Waals surface area contributed by atoms with Gasteiger partial charge in [-0.25, -0.2) is 0 Å². The van der Waals surface area contributed by atoms with Gasteiger partial charge in [0.05, 0.1) is 0 Å². The molecule has 2 rings (SSSR count). The van der Waals surface area contributed by atoms with Crippen molar-refractivity contribution in [2.45, 2.75) is 26.7 Å². The van der Waals surface area contributed by atoms with E-state index in [-0.39, 0.29) is 0 Å². The lowest BCUT2D eigenvalue weighted by molar-refractivity contribution is 0.155. The second-order valence-corrected chi connectivity index (χ2v) is 5.44. The molecule has 0 spiro atoms. The lowest BCUT2D eigenvalue weighted by Crippen LogP contribution is -2.45. The van der Waals surface area contributed by atoms with Gasteiger partial charge in [-0.2, -0.15) is 0 Å². The van der Waals surface area contributed by atoms with Gasteiger partial charge in [-0.15, -0.1) is 0 Å². The lowest BCUT2D eigenvalue weighted by atomic mass is 10.2. The molecule has 19 heavy (non-hydrogen) atoms. The van der Waals surface area contributed by atoms with E-state index in [2.05, 4.69) is 27.1 Å². The van der Waals surface area contributed by atoms with E-state index in [1.807, 2.05) is 13.8 Å². The van der Waals surface area contributed by atoms with Crippen LogP contribution in [0.25, 0.3) is 0 Å². The van der Waals surface area contributed by atoms with Gasteiger partial charge < -0.3 is 20.0 Å². The number of fused-ring (bicyclic) bond motifs is 3. The number of rotatable bonds is 0. The molecule has 0 radical (unpaired) electrons. The summed E-state index contributed by atoms with van der Waals surface area (Å²) in [7, 11) is 2.26. The van der Waals surface area contributed by atoms with E-state index in [1.165, 1.54) is 71.7 Å². The number of hydrogen-bond acceptors (Lipinski definition) is 4. The van der Waals surface area contributed by atoms with Gasteiger partial charge in [0.1, 0.15) is 0 Å². The SMILES string of the molecule is CC.CN1CCCN2CCNCCCN(CC1)CC2. The Morgan fingerprint density at radius 3 is 2.05 bits per heavy atom. The number of nitrogens with zero attached hydrogens (tertiary/aromatic N) is 3. The highest BCUT2D eigenvalue weighted by atomic mass is 15.2. The van der Waals surface area contributed by atoms with Gasteiger partial charge >= 0.3 is 0 Å².